The summed E-state index contributed by atoms with van der Waals surface area (Å²) in [6.45, 7) is 4.77. The molecule has 4 heteroatoms. The van der Waals surface area contributed by atoms with Gasteiger partial charge < -0.3 is 10.5 Å². The van der Waals surface area contributed by atoms with Crippen LogP contribution in [0, 0.1) is 17.6 Å². The van der Waals surface area contributed by atoms with Crippen molar-refractivity contribution in [1.82, 2.24) is 0 Å². The average Bonchev–Trinajstić information content (AvgIpc) is 2.46. The first kappa shape index (κ1) is 16.4. The van der Waals surface area contributed by atoms with E-state index in [2.05, 4.69) is 6.92 Å². The van der Waals surface area contributed by atoms with Gasteiger partial charge in [0.2, 0.25) is 0 Å². The molecule has 0 aromatic heterocycles. The predicted molar refractivity (Wildman–Crippen MR) is 80.0 cm³/mol. The maximum Gasteiger partial charge on any atom is 0.126 e. The van der Waals surface area contributed by atoms with Gasteiger partial charge in [0.15, 0.2) is 0 Å². The second-order valence-electron chi connectivity index (χ2n) is 6.23. The predicted octanol–water partition coefficient (Wildman–Crippen LogP) is 3.82. The van der Waals surface area contributed by atoms with Crippen molar-refractivity contribution in [3.63, 3.8) is 0 Å². The molecule has 1 fully saturated rings. The summed E-state index contributed by atoms with van der Waals surface area (Å²) in [7, 11) is 0. The second kappa shape index (κ2) is 6.84. The highest BCUT2D eigenvalue weighted by Gasteiger charge is 2.40. The summed E-state index contributed by atoms with van der Waals surface area (Å²) in [6.07, 6.45) is 4.22. The molecular formula is C17H25F2NO. The van der Waals surface area contributed by atoms with E-state index >= 15 is 0 Å². The molecule has 2 rings (SSSR count). The van der Waals surface area contributed by atoms with Gasteiger partial charge in [-0.2, -0.15) is 0 Å². The summed E-state index contributed by atoms with van der Waals surface area (Å²) in [4.78, 5) is 0. The molecule has 2 nitrogen and oxygen atoms in total. The summed E-state index contributed by atoms with van der Waals surface area (Å²) in [5.41, 5.74) is 6.28. The highest BCUT2D eigenvalue weighted by Crippen LogP contribution is 2.37. The molecule has 1 atom stereocenters. The van der Waals surface area contributed by atoms with Crippen LogP contribution in [0.5, 0.6) is 0 Å². The molecule has 0 aliphatic heterocycles. The number of benzene rings is 1. The van der Waals surface area contributed by atoms with Crippen molar-refractivity contribution in [2.24, 2.45) is 11.7 Å². The highest BCUT2D eigenvalue weighted by molar-refractivity contribution is 5.21. The zero-order valence-electron chi connectivity index (χ0n) is 12.9. The first-order valence-electron chi connectivity index (χ1n) is 7.80. The fourth-order valence-electron chi connectivity index (χ4n) is 3.28. The van der Waals surface area contributed by atoms with Crippen LogP contribution in [0.3, 0.4) is 0 Å². The Morgan fingerprint density at radius 1 is 1.33 bits per heavy atom. The van der Waals surface area contributed by atoms with E-state index in [-0.39, 0.29) is 6.04 Å². The van der Waals surface area contributed by atoms with Crippen molar-refractivity contribution in [2.45, 2.75) is 57.6 Å². The van der Waals surface area contributed by atoms with Crippen molar-refractivity contribution >= 4 is 0 Å². The van der Waals surface area contributed by atoms with Crippen molar-refractivity contribution in [1.29, 1.82) is 0 Å². The Labute approximate surface area is 125 Å². The summed E-state index contributed by atoms with van der Waals surface area (Å²) < 4.78 is 33.1. The molecule has 2 N–H and O–H groups in total. The number of ether oxygens (including phenoxy) is 1. The highest BCUT2D eigenvalue weighted by atomic mass is 19.1. The zero-order valence-corrected chi connectivity index (χ0v) is 12.9. The lowest BCUT2D eigenvalue weighted by atomic mass is 9.74. The maximum absolute atomic E-state index is 13.8. The van der Waals surface area contributed by atoms with E-state index in [1.54, 1.807) is 0 Å². The van der Waals surface area contributed by atoms with Gasteiger partial charge in [0.05, 0.1) is 5.60 Å². The normalized spacial score (nSPS) is 27.6. The lowest BCUT2D eigenvalue weighted by molar-refractivity contribution is -0.0884. The molecule has 0 amide bonds. The third-order valence-corrected chi connectivity index (χ3v) is 4.68. The van der Waals surface area contributed by atoms with E-state index in [9.17, 15) is 8.78 Å². The van der Waals surface area contributed by atoms with Gasteiger partial charge in [-0.05, 0) is 68.7 Å². The van der Waals surface area contributed by atoms with E-state index in [0.717, 1.165) is 37.8 Å². The summed E-state index contributed by atoms with van der Waals surface area (Å²) in [5, 5.41) is 0. The minimum absolute atomic E-state index is 0.304. The van der Waals surface area contributed by atoms with Gasteiger partial charge in [-0.3, -0.25) is 0 Å². The Morgan fingerprint density at radius 3 is 2.62 bits per heavy atom. The third kappa shape index (κ3) is 3.80. The average molecular weight is 297 g/mol. The SMILES string of the molecule is CCOC1(C(N)Cc2cc(F)ccc2F)CCC(C)CC1. The molecular weight excluding hydrogens is 272 g/mol. The van der Waals surface area contributed by atoms with Crippen molar-refractivity contribution < 1.29 is 13.5 Å². The molecule has 1 saturated carbocycles. The molecule has 1 aromatic carbocycles. The molecule has 0 heterocycles. The standard InChI is InChI=1S/C17H25F2NO/c1-3-21-17(8-6-12(2)7-9-17)16(20)11-13-10-14(18)4-5-15(13)19/h4-5,10,12,16H,3,6-9,11,20H2,1-2H3. The van der Waals surface area contributed by atoms with Crippen LogP contribution in [-0.2, 0) is 11.2 Å². The number of nitrogens with two attached hydrogens (primary N) is 1. The van der Waals surface area contributed by atoms with Gasteiger partial charge >= 0.3 is 0 Å². The summed E-state index contributed by atoms with van der Waals surface area (Å²) >= 11 is 0. The first-order valence-corrected chi connectivity index (χ1v) is 7.80. The minimum Gasteiger partial charge on any atom is -0.374 e. The van der Waals surface area contributed by atoms with Crippen LogP contribution in [0.25, 0.3) is 0 Å². The van der Waals surface area contributed by atoms with Gasteiger partial charge in [-0.15, -0.1) is 0 Å². The largest absolute Gasteiger partial charge is 0.374 e. The Hall–Kier alpha value is -1.00. The van der Waals surface area contributed by atoms with Crippen LogP contribution in [-0.4, -0.2) is 18.2 Å². The van der Waals surface area contributed by atoms with Crippen LogP contribution >= 0.6 is 0 Å². The van der Waals surface area contributed by atoms with Gasteiger partial charge in [-0.1, -0.05) is 6.92 Å². The lowest BCUT2D eigenvalue weighted by Gasteiger charge is -2.43. The van der Waals surface area contributed by atoms with Gasteiger partial charge in [0.1, 0.15) is 11.6 Å². The molecule has 0 saturated heterocycles. The third-order valence-electron chi connectivity index (χ3n) is 4.68. The van der Waals surface area contributed by atoms with Gasteiger partial charge in [0, 0.05) is 12.6 Å². The van der Waals surface area contributed by atoms with Crippen molar-refractivity contribution in [2.75, 3.05) is 6.61 Å². The Kier molecular flexibility index (Phi) is 5.33. The topological polar surface area (TPSA) is 35.2 Å². The first-order chi connectivity index (χ1) is 9.97. The maximum atomic E-state index is 13.8. The minimum atomic E-state index is -0.429. The van der Waals surface area contributed by atoms with Crippen LogP contribution in [0.1, 0.15) is 45.1 Å². The van der Waals surface area contributed by atoms with Crippen LogP contribution in [0.4, 0.5) is 8.78 Å². The number of hydrogen-bond donors (Lipinski definition) is 1. The molecule has 0 spiro atoms. The number of halogens is 2. The molecule has 118 valence electrons. The van der Waals surface area contributed by atoms with E-state index < -0.39 is 17.2 Å². The summed E-state index contributed by atoms with van der Waals surface area (Å²) in [5.74, 6) is -0.152. The Morgan fingerprint density at radius 2 is 2.00 bits per heavy atom. The molecule has 21 heavy (non-hydrogen) atoms. The monoisotopic (exact) mass is 297 g/mol. The van der Waals surface area contributed by atoms with E-state index in [4.69, 9.17) is 10.5 Å². The van der Waals surface area contributed by atoms with E-state index in [0.29, 0.717) is 24.5 Å². The molecule has 1 unspecified atom stereocenters. The number of rotatable bonds is 5. The molecule has 1 aliphatic carbocycles. The molecule has 0 bridgehead atoms. The summed E-state index contributed by atoms with van der Waals surface area (Å²) in [6, 6.07) is 3.21. The Balaban J connectivity index is 2.15. The second-order valence-corrected chi connectivity index (χ2v) is 6.23. The van der Waals surface area contributed by atoms with Gasteiger partial charge in [-0.25, -0.2) is 8.78 Å². The molecule has 0 radical (unpaired) electrons. The molecule has 1 aromatic rings. The Bertz CT molecular complexity index is 470. The van der Waals surface area contributed by atoms with Crippen molar-refractivity contribution in [3.8, 4) is 0 Å². The van der Waals surface area contributed by atoms with E-state index in [1.807, 2.05) is 6.92 Å². The smallest absolute Gasteiger partial charge is 0.126 e. The zero-order chi connectivity index (χ0) is 15.5. The number of hydrogen-bond acceptors (Lipinski definition) is 2. The van der Waals surface area contributed by atoms with Crippen LogP contribution in [0.15, 0.2) is 18.2 Å². The fraction of sp³-hybridized carbons (Fsp3) is 0.647. The fourth-order valence-corrected chi connectivity index (χ4v) is 3.28. The van der Waals surface area contributed by atoms with Crippen molar-refractivity contribution in [3.05, 3.63) is 35.4 Å². The van der Waals surface area contributed by atoms with E-state index in [1.165, 1.54) is 6.07 Å². The van der Waals surface area contributed by atoms with Crippen LogP contribution < -0.4 is 5.73 Å². The quantitative estimate of drug-likeness (QED) is 0.896. The lowest BCUT2D eigenvalue weighted by Crippen LogP contribution is -2.53. The molecule has 1 aliphatic rings. The van der Waals surface area contributed by atoms with Gasteiger partial charge in [0.25, 0.3) is 0 Å². The van der Waals surface area contributed by atoms with Crippen LogP contribution in [0.2, 0.25) is 0 Å².